The van der Waals surface area contributed by atoms with E-state index in [0.717, 1.165) is 18.0 Å². The summed E-state index contributed by atoms with van der Waals surface area (Å²) >= 11 is 0. The largest absolute Gasteiger partial charge is 0.312 e. The topological polar surface area (TPSA) is 15.3 Å². The molecule has 0 amide bonds. The number of hydrogen-bond acceptors (Lipinski definition) is 2. The van der Waals surface area contributed by atoms with Crippen LogP contribution in [0, 0.1) is 5.92 Å². The third-order valence-corrected chi connectivity index (χ3v) is 4.15. The van der Waals surface area contributed by atoms with Gasteiger partial charge in [-0.1, -0.05) is 13.3 Å². The number of hydrogen-bond donors (Lipinski definition) is 1. The van der Waals surface area contributed by atoms with Crippen molar-refractivity contribution in [2.24, 2.45) is 5.92 Å². The lowest BCUT2D eigenvalue weighted by molar-refractivity contribution is 0.208. The summed E-state index contributed by atoms with van der Waals surface area (Å²) in [5, 5.41) is 3.62. The molecule has 0 aromatic carbocycles. The van der Waals surface area contributed by atoms with Crippen molar-refractivity contribution in [1.29, 1.82) is 0 Å². The molecule has 2 rings (SSSR count). The minimum absolute atomic E-state index is 0.758. The summed E-state index contributed by atoms with van der Waals surface area (Å²) in [6, 6.07) is 1.53. The van der Waals surface area contributed by atoms with Gasteiger partial charge in [0.1, 0.15) is 0 Å². The molecule has 2 aliphatic heterocycles. The van der Waals surface area contributed by atoms with Crippen LogP contribution in [0.2, 0.25) is 0 Å². The second-order valence-corrected chi connectivity index (χ2v) is 5.00. The molecule has 0 saturated carbocycles. The molecule has 14 heavy (non-hydrogen) atoms. The molecule has 2 saturated heterocycles. The second kappa shape index (κ2) is 4.63. The van der Waals surface area contributed by atoms with E-state index < -0.39 is 0 Å². The molecule has 2 nitrogen and oxygen atoms in total. The van der Waals surface area contributed by atoms with Crippen molar-refractivity contribution in [3.05, 3.63) is 0 Å². The minimum atomic E-state index is 0.758. The summed E-state index contributed by atoms with van der Waals surface area (Å²) < 4.78 is 0. The first-order valence-electron chi connectivity index (χ1n) is 6.28. The fourth-order valence-electron chi connectivity index (χ4n) is 2.94. The van der Waals surface area contributed by atoms with Crippen LogP contribution in [0.5, 0.6) is 0 Å². The Kier molecular flexibility index (Phi) is 3.45. The standard InChI is InChI=1S/C12H24N2/c1-3-11-6-8-14(9-11)10(2)12-5-4-7-13-12/h10-13H,3-9H2,1-2H3. The summed E-state index contributed by atoms with van der Waals surface area (Å²) in [4.78, 5) is 2.69. The summed E-state index contributed by atoms with van der Waals surface area (Å²) in [7, 11) is 0. The van der Waals surface area contributed by atoms with Crippen LogP contribution < -0.4 is 5.32 Å². The lowest BCUT2D eigenvalue weighted by atomic mass is 10.1. The van der Waals surface area contributed by atoms with E-state index in [0.29, 0.717) is 0 Å². The van der Waals surface area contributed by atoms with Crippen molar-refractivity contribution in [2.45, 2.75) is 51.6 Å². The molecule has 3 atom stereocenters. The molecule has 2 fully saturated rings. The molecule has 1 N–H and O–H groups in total. The summed E-state index contributed by atoms with van der Waals surface area (Å²) in [6.45, 7) is 8.64. The zero-order valence-electron chi connectivity index (χ0n) is 9.63. The normalized spacial score (nSPS) is 36.4. The zero-order valence-corrected chi connectivity index (χ0v) is 9.63. The average Bonchev–Trinajstić information content (AvgIpc) is 2.88. The molecule has 82 valence electrons. The molecule has 0 aromatic rings. The molecule has 0 bridgehead atoms. The van der Waals surface area contributed by atoms with Gasteiger partial charge < -0.3 is 5.32 Å². The predicted molar refractivity (Wildman–Crippen MR) is 60.5 cm³/mol. The average molecular weight is 196 g/mol. The lowest BCUT2D eigenvalue weighted by Gasteiger charge is -2.29. The molecular formula is C12H24N2. The maximum absolute atomic E-state index is 3.62. The third kappa shape index (κ3) is 2.12. The van der Waals surface area contributed by atoms with Crippen molar-refractivity contribution in [1.82, 2.24) is 10.2 Å². The number of likely N-dealkylation sites (tertiary alicyclic amines) is 1. The van der Waals surface area contributed by atoms with Crippen molar-refractivity contribution in [3.8, 4) is 0 Å². The first kappa shape index (κ1) is 10.4. The number of rotatable bonds is 3. The second-order valence-electron chi connectivity index (χ2n) is 5.00. The Labute approximate surface area is 88.1 Å². The monoisotopic (exact) mass is 196 g/mol. The highest BCUT2D eigenvalue weighted by Crippen LogP contribution is 2.24. The molecule has 2 heterocycles. The third-order valence-electron chi connectivity index (χ3n) is 4.15. The van der Waals surface area contributed by atoms with Gasteiger partial charge in [-0.05, 0) is 45.2 Å². The van der Waals surface area contributed by atoms with Gasteiger partial charge in [-0.2, -0.15) is 0 Å². The van der Waals surface area contributed by atoms with Crippen molar-refractivity contribution in [2.75, 3.05) is 19.6 Å². The molecule has 0 aromatic heterocycles. The molecule has 0 radical (unpaired) electrons. The summed E-state index contributed by atoms with van der Waals surface area (Å²) in [5.74, 6) is 0.971. The van der Waals surface area contributed by atoms with Crippen molar-refractivity contribution >= 4 is 0 Å². The quantitative estimate of drug-likeness (QED) is 0.741. The van der Waals surface area contributed by atoms with Crippen LogP contribution in [0.3, 0.4) is 0 Å². The van der Waals surface area contributed by atoms with Crippen LogP contribution in [0.15, 0.2) is 0 Å². The Morgan fingerprint density at radius 2 is 2.29 bits per heavy atom. The minimum Gasteiger partial charge on any atom is -0.312 e. The Bertz CT molecular complexity index is 175. The van der Waals surface area contributed by atoms with Crippen LogP contribution in [0.25, 0.3) is 0 Å². The Hall–Kier alpha value is -0.0800. The van der Waals surface area contributed by atoms with Gasteiger partial charge in [-0.25, -0.2) is 0 Å². The number of nitrogens with one attached hydrogen (secondary N) is 1. The Morgan fingerprint density at radius 1 is 1.43 bits per heavy atom. The lowest BCUT2D eigenvalue weighted by Crippen LogP contribution is -2.44. The van der Waals surface area contributed by atoms with Crippen molar-refractivity contribution in [3.63, 3.8) is 0 Å². The zero-order chi connectivity index (χ0) is 9.97. The molecule has 3 unspecified atom stereocenters. The molecular weight excluding hydrogens is 172 g/mol. The van der Waals surface area contributed by atoms with Gasteiger partial charge in [-0.15, -0.1) is 0 Å². The summed E-state index contributed by atoms with van der Waals surface area (Å²) in [5.41, 5.74) is 0. The van der Waals surface area contributed by atoms with E-state index in [1.807, 2.05) is 0 Å². The molecule has 0 aliphatic carbocycles. The van der Waals surface area contributed by atoms with Crippen LogP contribution in [0.1, 0.15) is 39.5 Å². The molecule has 0 spiro atoms. The Morgan fingerprint density at radius 3 is 2.86 bits per heavy atom. The fraction of sp³-hybridized carbons (Fsp3) is 1.00. The van der Waals surface area contributed by atoms with Gasteiger partial charge in [0.25, 0.3) is 0 Å². The van der Waals surface area contributed by atoms with Crippen LogP contribution in [0.4, 0.5) is 0 Å². The maximum atomic E-state index is 3.62. The SMILES string of the molecule is CCC1CCN(C(C)C2CCCN2)C1. The highest BCUT2D eigenvalue weighted by Gasteiger charge is 2.30. The molecule has 2 aliphatic rings. The Balaban J connectivity index is 1.83. The van der Waals surface area contributed by atoms with Crippen LogP contribution >= 0.6 is 0 Å². The van der Waals surface area contributed by atoms with Gasteiger partial charge in [0, 0.05) is 18.6 Å². The van der Waals surface area contributed by atoms with Crippen LogP contribution in [-0.2, 0) is 0 Å². The van der Waals surface area contributed by atoms with Gasteiger partial charge >= 0.3 is 0 Å². The van der Waals surface area contributed by atoms with E-state index in [1.54, 1.807) is 0 Å². The van der Waals surface area contributed by atoms with Gasteiger partial charge in [0.05, 0.1) is 0 Å². The first-order valence-corrected chi connectivity index (χ1v) is 6.28. The van der Waals surface area contributed by atoms with E-state index in [2.05, 4.69) is 24.1 Å². The molecule has 2 heteroatoms. The van der Waals surface area contributed by atoms with E-state index in [9.17, 15) is 0 Å². The van der Waals surface area contributed by atoms with Crippen molar-refractivity contribution < 1.29 is 0 Å². The van der Waals surface area contributed by atoms with E-state index in [4.69, 9.17) is 0 Å². The summed E-state index contributed by atoms with van der Waals surface area (Å²) in [6.07, 6.45) is 5.55. The maximum Gasteiger partial charge on any atom is 0.0221 e. The predicted octanol–water partition coefficient (Wildman–Crippen LogP) is 1.86. The first-order chi connectivity index (χ1) is 6.81. The van der Waals surface area contributed by atoms with Gasteiger partial charge in [0.2, 0.25) is 0 Å². The van der Waals surface area contributed by atoms with Gasteiger partial charge in [0.15, 0.2) is 0 Å². The smallest absolute Gasteiger partial charge is 0.0221 e. The van der Waals surface area contributed by atoms with E-state index >= 15 is 0 Å². The highest BCUT2D eigenvalue weighted by atomic mass is 15.2. The van der Waals surface area contributed by atoms with Crippen LogP contribution in [-0.4, -0.2) is 36.6 Å². The highest BCUT2D eigenvalue weighted by molar-refractivity contribution is 4.88. The van der Waals surface area contributed by atoms with E-state index in [1.165, 1.54) is 45.3 Å². The fourth-order valence-corrected chi connectivity index (χ4v) is 2.94. The van der Waals surface area contributed by atoms with Gasteiger partial charge in [-0.3, -0.25) is 4.90 Å². The van der Waals surface area contributed by atoms with E-state index in [-0.39, 0.29) is 0 Å². The number of nitrogens with zero attached hydrogens (tertiary/aromatic N) is 1.